The van der Waals surface area contributed by atoms with Gasteiger partial charge in [-0.3, -0.25) is 9.69 Å². The van der Waals surface area contributed by atoms with E-state index >= 15 is 0 Å². The summed E-state index contributed by atoms with van der Waals surface area (Å²) in [5.74, 6) is 0.0936. The molecule has 0 saturated carbocycles. The van der Waals surface area contributed by atoms with Crippen molar-refractivity contribution in [2.45, 2.75) is 66.2 Å². The molecule has 4 aromatic rings. The van der Waals surface area contributed by atoms with Gasteiger partial charge in [0.1, 0.15) is 16.9 Å². The lowest BCUT2D eigenvalue weighted by Gasteiger charge is -2.45. The van der Waals surface area contributed by atoms with Crippen LogP contribution in [0.1, 0.15) is 56.4 Å². The number of aryl methyl sites for hydroxylation is 2. The molecule has 4 heterocycles. The van der Waals surface area contributed by atoms with Gasteiger partial charge in [-0.15, -0.1) is 5.10 Å². The smallest absolute Gasteiger partial charge is 0.410 e. The largest absolute Gasteiger partial charge is 0.444 e. The lowest BCUT2D eigenvalue weighted by molar-refractivity contribution is 0.00567. The first-order valence-corrected chi connectivity index (χ1v) is 13.1. The Balaban J connectivity index is 1.42. The summed E-state index contributed by atoms with van der Waals surface area (Å²) < 4.78 is 7.50. The van der Waals surface area contributed by atoms with Crippen LogP contribution in [0.2, 0.25) is 0 Å². The summed E-state index contributed by atoms with van der Waals surface area (Å²) in [4.78, 5) is 39.3. The number of benzene rings is 1. The highest BCUT2D eigenvalue weighted by Crippen LogP contribution is 2.32. The minimum atomic E-state index is -0.559. The van der Waals surface area contributed by atoms with Crippen molar-refractivity contribution in [1.29, 1.82) is 0 Å². The Kier molecular flexibility index (Phi) is 6.61. The third-order valence-corrected chi connectivity index (χ3v) is 6.74. The number of piperazine rings is 1. The molecule has 1 N–H and O–H groups in total. The molecule has 1 fully saturated rings. The molecule has 204 valence electrons. The fourth-order valence-corrected chi connectivity index (χ4v) is 5.24. The predicted molar refractivity (Wildman–Crippen MR) is 149 cm³/mol. The van der Waals surface area contributed by atoms with Gasteiger partial charge in [-0.1, -0.05) is 0 Å². The number of amides is 2. The van der Waals surface area contributed by atoms with Crippen molar-refractivity contribution in [3.8, 4) is 0 Å². The van der Waals surface area contributed by atoms with Gasteiger partial charge in [0, 0.05) is 30.4 Å². The van der Waals surface area contributed by atoms with Crippen LogP contribution in [0.4, 0.5) is 16.3 Å². The van der Waals surface area contributed by atoms with Crippen molar-refractivity contribution < 1.29 is 14.3 Å². The fourth-order valence-electron chi connectivity index (χ4n) is 5.24. The van der Waals surface area contributed by atoms with Crippen molar-refractivity contribution in [2.75, 3.05) is 23.3 Å². The molecule has 11 nitrogen and oxygen atoms in total. The van der Waals surface area contributed by atoms with Crippen LogP contribution in [-0.4, -0.2) is 72.2 Å². The minimum absolute atomic E-state index is 0.0764. The van der Waals surface area contributed by atoms with Gasteiger partial charge >= 0.3 is 6.09 Å². The first kappa shape index (κ1) is 26.3. The zero-order valence-corrected chi connectivity index (χ0v) is 23.4. The summed E-state index contributed by atoms with van der Waals surface area (Å²) in [5, 5.41) is 12.1. The maximum atomic E-state index is 13.4. The fraction of sp³-hybridized carbons (Fsp3) is 0.429. The molecule has 3 aromatic heterocycles. The van der Waals surface area contributed by atoms with E-state index in [2.05, 4.69) is 30.4 Å². The van der Waals surface area contributed by atoms with Crippen LogP contribution >= 0.6 is 0 Å². The van der Waals surface area contributed by atoms with Crippen LogP contribution in [0, 0.1) is 13.8 Å². The van der Waals surface area contributed by atoms with E-state index in [4.69, 9.17) is 4.74 Å². The van der Waals surface area contributed by atoms with E-state index in [1.165, 1.54) is 0 Å². The van der Waals surface area contributed by atoms with Gasteiger partial charge in [-0.2, -0.15) is 5.10 Å². The number of hydrogen-bond acceptors (Lipinski definition) is 8. The standard InChI is InChI=1S/C28H34N8O3/c1-16-12-35-15-23(31-19(4)25(35)30-16)32-26(37)21-8-9-22(20-10-11-29-33-24(20)21)34-13-17(2)36(18(3)14-34)27(38)39-28(5,6)7/h8-12,15,17-18H,13-14H2,1-7H3,(H,32,37)/t17-,18?/m0/s1. The number of rotatable bonds is 3. The summed E-state index contributed by atoms with van der Waals surface area (Å²) in [6.45, 7) is 14.6. The van der Waals surface area contributed by atoms with Crippen LogP contribution in [-0.2, 0) is 4.74 Å². The lowest BCUT2D eigenvalue weighted by Crippen LogP contribution is -2.59. The van der Waals surface area contributed by atoms with E-state index in [-0.39, 0.29) is 24.1 Å². The molecule has 2 amide bonds. The van der Waals surface area contributed by atoms with Gasteiger partial charge in [-0.05, 0) is 66.7 Å². The zero-order chi connectivity index (χ0) is 28.1. The van der Waals surface area contributed by atoms with Crippen molar-refractivity contribution >= 4 is 40.1 Å². The molecular weight excluding hydrogens is 496 g/mol. The number of nitrogens with one attached hydrogen (secondary N) is 1. The van der Waals surface area contributed by atoms with Crippen LogP contribution in [0.25, 0.3) is 16.6 Å². The maximum Gasteiger partial charge on any atom is 0.410 e. The number of imidazole rings is 1. The van der Waals surface area contributed by atoms with Crippen LogP contribution in [0.5, 0.6) is 0 Å². The summed E-state index contributed by atoms with van der Waals surface area (Å²) in [6.07, 6.45) is 4.95. The summed E-state index contributed by atoms with van der Waals surface area (Å²) in [7, 11) is 0. The molecule has 1 unspecified atom stereocenters. The number of anilines is 2. The number of nitrogens with zero attached hydrogens (tertiary/aromatic N) is 7. The Hall–Kier alpha value is -4.28. The summed E-state index contributed by atoms with van der Waals surface area (Å²) in [6, 6.07) is 5.42. The number of ether oxygens (including phenoxy) is 1. The van der Waals surface area contributed by atoms with Crippen LogP contribution < -0.4 is 10.2 Å². The summed E-state index contributed by atoms with van der Waals surface area (Å²) >= 11 is 0. The minimum Gasteiger partial charge on any atom is -0.444 e. The molecule has 0 aliphatic carbocycles. The number of hydrogen-bond donors (Lipinski definition) is 1. The molecule has 0 radical (unpaired) electrons. The molecule has 2 atom stereocenters. The van der Waals surface area contributed by atoms with Gasteiger partial charge in [-0.25, -0.2) is 14.8 Å². The van der Waals surface area contributed by atoms with Gasteiger partial charge in [0.25, 0.3) is 5.91 Å². The van der Waals surface area contributed by atoms with Gasteiger partial charge in [0.05, 0.1) is 41.4 Å². The topological polar surface area (TPSA) is 118 Å². The third kappa shape index (κ3) is 5.21. The Labute approximate surface area is 227 Å². The highest BCUT2D eigenvalue weighted by atomic mass is 16.6. The molecular formula is C28H34N8O3. The average Bonchev–Trinajstić information content (AvgIpc) is 3.22. The summed E-state index contributed by atoms with van der Waals surface area (Å²) in [5.41, 5.74) is 3.61. The molecule has 1 aliphatic rings. The molecule has 39 heavy (non-hydrogen) atoms. The molecule has 1 aliphatic heterocycles. The molecule has 1 saturated heterocycles. The van der Waals surface area contributed by atoms with Gasteiger partial charge < -0.3 is 19.4 Å². The van der Waals surface area contributed by atoms with E-state index < -0.39 is 5.60 Å². The van der Waals surface area contributed by atoms with Crippen molar-refractivity contribution in [1.82, 2.24) is 29.5 Å². The van der Waals surface area contributed by atoms with E-state index in [9.17, 15) is 9.59 Å². The molecule has 0 spiro atoms. The van der Waals surface area contributed by atoms with Crippen molar-refractivity contribution in [3.05, 3.63) is 53.7 Å². The SMILES string of the molecule is Cc1cn2cc(NC(=O)c3ccc(N4CC(C)N(C(=O)OC(C)(C)C)[C@@H](C)C4)c4ccnnc34)nc(C)c2n1. The first-order valence-electron chi connectivity index (χ1n) is 13.1. The molecule has 11 heteroatoms. The Morgan fingerprint density at radius 2 is 1.74 bits per heavy atom. The molecule has 5 rings (SSSR count). The van der Waals surface area contributed by atoms with Crippen molar-refractivity contribution in [3.63, 3.8) is 0 Å². The normalized spacial score (nSPS) is 18.0. The van der Waals surface area contributed by atoms with Crippen molar-refractivity contribution in [2.24, 2.45) is 0 Å². The van der Waals surface area contributed by atoms with E-state index in [1.807, 2.05) is 71.2 Å². The maximum absolute atomic E-state index is 13.4. The number of fused-ring (bicyclic) bond motifs is 2. The molecule has 0 bridgehead atoms. The Morgan fingerprint density at radius 3 is 2.44 bits per heavy atom. The monoisotopic (exact) mass is 530 g/mol. The third-order valence-electron chi connectivity index (χ3n) is 6.74. The zero-order valence-electron chi connectivity index (χ0n) is 23.4. The quantitative estimate of drug-likeness (QED) is 0.415. The Bertz CT molecular complexity index is 1560. The first-order chi connectivity index (χ1) is 18.4. The second-order valence-electron chi connectivity index (χ2n) is 11.2. The number of aromatic nitrogens is 5. The van der Waals surface area contributed by atoms with Gasteiger partial charge in [0.2, 0.25) is 0 Å². The lowest BCUT2D eigenvalue weighted by atomic mass is 10.0. The molecule has 1 aromatic carbocycles. The van der Waals surface area contributed by atoms with Crippen LogP contribution in [0.15, 0.2) is 36.8 Å². The number of carbonyl (C=O) groups is 2. The number of carbonyl (C=O) groups excluding carboxylic acids is 2. The van der Waals surface area contributed by atoms with Gasteiger partial charge in [0.15, 0.2) is 5.65 Å². The van der Waals surface area contributed by atoms with Crippen LogP contribution in [0.3, 0.4) is 0 Å². The second-order valence-corrected chi connectivity index (χ2v) is 11.2. The highest BCUT2D eigenvalue weighted by Gasteiger charge is 2.36. The van der Waals surface area contributed by atoms with E-state index in [1.54, 1.807) is 23.4 Å². The van der Waals surface area contributed by atoms with E-state index in [0.29, 0.717) is 30.0 Å². The Morgan fingerprint density at radius 1 is 1.03 bits per heavy atom. The second kappa shape index (κ2) is 9.79. The predicted octanol–water partition coefficient (Wildman–Crippen LogP) is 4.38. The highest BCUT2D eigenvalue weighted by molar-refractivity contribution is 6.13. The van der Waals surface area contributed by atoms with E-state index in [0.717, 1.165) is 28.1 Å². The average molecular weight is 531 g/mol.